The fourth-order valence-corrected chi connectivity index (χ4v) is 3.23. The van der Waals surface area contributed by atoms with Gasteiger partial charge in [-0.2, -0.15) is 13.2 Å². The summed E-state index contributed by atoms with van der Waals surface area (Å²) in [5.41, 5.74) is -1.36. The number of esters is 1. The summed E-state index contributed by atoms with van der Waals surface area (Å²) in [6.45, 7) is 0. The van der Waals surface area contributed by atoms with Crippen molar-refractivity contribution < 1.29 is 36.6 Å². The van der Waals surface area contributed by atoms with E-state index in [2.05, 4.69) is 0 Å². The number of hydrogen-bond donors (Lipinski definition) is 0. The molecule has 4 rings (SSSR count). The van der Waals surface area contributed by atoms with Crippen LogP contribution in [0.2, 0.25) is 5.02 Å². The molecule has 3 aromatic carbocycles. The molecule has 0 radical (unpaired) electrons. The Labute approximate surface area is 195 Å². The third-order valence-corrected chi connectivity index (χ3v) is 4.96. The van der Waals surface area contributed by atoms with Gasteiger partial charge in [-0.05, 0) is 42.5 Å². The number of rotatable bonds is 5. The average Bonchev–Trinajstić information content (AvgIpc) is 2.81. The smallest absolute Gasteiger partial charge is 0.453 e. The highest BCUT2D eigenvalue weighted by Crippen LogP contribution is 2.39. The highest BCUT2D eigenvalue weighted by atomic mass is 35.5. The van der Waals surface area contributed by atoms with Crippen LogP contribution >= 0.6 is 11.6 Å². The van der Waals surface area contributed by atoms with Crippen LogP contribution in [0.5, 0.6) is 23.0 Å². The Morgan fingerprint density at radius 3 is 2.44 bits per heavy atom. The number of benzene rings is 3. The molecule has 0 unspecified atom stereocenters. The van der Waals surface area contributed by atoms with Crippen LogP contribution in [0, 0.1) is 0 Å². The number of methoxy groups -OCH3 is 1. The fraction of sp³-hybridized carbons (Fsp3) is 0.0833. The minimum Gasteiger partial charge on any atom is -0.497 e. The van der Waals surface area contributed by atoms with Crippen molar-refractivity contribution in [1.82, 2.24) is 0 Å². The normalized spacial score (nSPS) is 11.3. The topological polar surface area (TPSA) is 75.0 Å². The molecule has 1 heterocycles. The van der Waals surface area contributed by atoms with E-state index in [0.29, 0.717) is 5.75 Å². The molecule has 174 valence electrons. The number of carbonyl (C=O) groups is 1. The lowest BCUT2D eigenvalue weighted by Crippen LogP contribution is -2.15. The first kappa shape index (κ1) is 23.2. The molecule has 0 aliphatic rings. The molecule has 0 spiro atoms. The largest absolute Gasteiger partial charge is 0.497 e. The monoisotopic (exact) mass is 490 g/mol. The molecule has 0 aliphatic carbocycles. The Balaban J connectivity index is 1.75. The lowest BCUT2D eigenvalue weighted by molar-refractivity contribution is -0.154. The molecule has 0 saturated carbocycles. The Kier molecular flexibility index (Phi) is 6.21. The average molecular weight is 491 g/mol. The quantitative estimate of drug-likeness (QED) is 0.235. The van der Waals surface area contributed by atoms with Gasteiger partial charge in [0.15, 0.2) is 0 Å². The van der Waals surface area contributed by atoms with Gasteiger partial charge in [0.2, 0.25) is 11.2 Å². The number of fused-ring (bicyclic) bond motifs is 1. The van der Waals surface area contributed by atoms with Gasteiger partial charge in [-0.25, -0.2) is 4.79 Å². The van der Waals surface area contributed by atoms with Crippen LogP contribution in [0.25, 0.3) is 11.0 Å². The molecular weight excluding hydrogens is 477 g/mol. The van der Waals surface area contributed by atoms with Crippen molar-refractivity contribution in [1.29, 1.82) is 0 Å². The van der Waals surface area contributed by atoms with Gasteiger partial charge in [0.25, 0.3) is 5.76 Å². The van der Waals surface area contributed by atoms with Gasteiger partial charge in [-0.3, -0.25) is 4.79 Å². The summed E-state index contributed by atoms with van der Waals surface area (Å²) in [4.78, 5) is 25.3. The van der Waals surface area contributed by atoms with Gasteiger partial charge in [-0.15, -0.1) is 0 Å². The second-order valence-electron chi connectivity index (χ2n) is 6.90. The van der Waals surface area contributed by atoms with Crippen LogP contribution in [0.4, 0.5) is 13.2 Å². The third kappa shape index (κ3) is 4.69. The van der Waals surface area contributed by atoms with Crippen LogP contribution in [-0.2, 0) is 6.18 Å². The molecule has 1 aromatic heterocycles. The van der Waals surface area contributed by atoms with Crippen LogP contribution in [0.3, 0.4) is 0 Å². The van der Waals surface area contributed by atoms with E-state index in [9.17, 15) is 22.8 Å². The van der Waals surface area contributed by atoms with Crippen molar-refractivity contribution in [3.8, 4) is 23.0 Å². The Morgan fingerprint density at radius 2 is 1.74 bits per heavy atom. The van der Waals surface area contributed by atoms with Gasteiger partial charge in [0, 0.05) is 6.07 Å². The molecule has 0 saturated heterocycles. The Bertz CT molecular complexity index is 1450. The minimum absolute atomic E-state index is 0.00919. The zero-order valence-electron chi connectivity index (χ0n) is 17.3. The molecule has 0 bridgehead atoms. The first-order chi connectivity index (χ1) is 16.2. The van der Waals surface area contributed by atoms with Crippen molar-refractivity contribution >= 4 is 28.5 Å². The lowest BCUT2D eigenvalue weighted by atomic mass is 10.2. The summed E-state index contributed by atoms with van der Waals surface area (Å²) < 4.78 is 61.7. The lowest BCUT2D eigenvalue weighted by Gasteiger charge is -2.14. The predicted octanol–water partition coefficient (Wildman–Crippen LogP) is 6.49. The Hall–Kier alpha value is -3.98. The predicted molar refractivity (Wildman–Crippen MR) is 117 cm³/mol. The molecule has 4 aromatic rings. The molecule has 0 N–H and O–H groups in total. The summed E-state index contributed by atoms with van der Waals surface area (Å²) in [5, 5.41) is -0.203. The van der Waals surface area contributed by atoms with Crippen LogP contribution in [-0.4, -0.2) is 13.1 Å². The van der Waals surface area contributed by atoms with Crippen LogP contribution in [0.1, 0.15) is 16.1 Å². The zero-order chi connectivity index (χ0) is 24.5. The number of halogens is 4. The number of carbonyl (C=O) groups excluding carboxylic acids is 1. The number of ether oxygens (including phenoxy) is 3. The molecule has 6 nitrogen and oxygen atoms in total. The van der Waals surface area contributed by atoms with E-state index >= 15 is 0 Å². The Morgan fingerprint density at radius 1 is 0.971 bits per heavy atom. The summed E-state index contributed by atoms with van der Waals surface area (Å²) in [5.74, 6) is -3.35. The van der Waals surface area contributed by atoms with Gasteiger partial charge in [-0.1, -0.05) is 29.8 Å². The standard InChI is InChI=1S/C24H14ClF3O6/c1-31-14-6-4-5-13(11-14)23(30)32-15-9-10-16-19(12-15)34-22(24(26,27)28)21(20(16)29)33-18-8-3-2-7-17(18)25/h2-12H,1H3. The molecule has 10 heteroatoms. The second kappa shape index (κ2) is 9.11. The second-order valence-corrected chi connectivity index (χ2v) is 7.31. The number of hydrogen-bond acceptors (Lipinski definition) is 6. The van der Waals surface area contributed by atoms with E-state index in [4.69, 9.17) is 30.2 Å². The molecular formula is C24H14ClF3O6. The van der Waals surface area contributed by atoms with Crippen molar-refractivity contribution in [2.75, 3.05) is 7.11 Å². The zero-order valence-corrected chi connectivity index (χ0v) is 18.1. The van der Waals surface area contributed by atoms with Gasteiger partial charge in [0.1, 0.15) is 22.8 Å². The van der Waals surface area contributed by atoms with Crippen LogP contribution in [0.15, 0.2) is 75.9 Å². The van der Waals surface area contributed by atoms with Crippen LogP contribution < -0.4 is 19.6 Å². The number of alkyl halides is 3. The maximum absolute atomic E-state index is 13.7. The van der Waals surface area contributed by atoms with Gasteiger partial charge in [0.05, 0.1) is 23.1 Å². The first-order valence-corrected chi connectivity index (χ1v) is 10.0. The molecule has 34 heavy (non-hydrogen) atoms. The summed E-state index contributed by atoms with van der Waals surface area (Å²) in [6.07, 6.45) is -5.06. The van der Waals surface area contributed by atoms with Crippen molar-refractivity contribution in [2.45, 2.75) is 6.18 Å². The van der Waals surface area contributed by atoms with Crippen molar-refractivity contribution in [3.63, 3.8) is 0 Å². The van der Waals surface area contributed by atoms with E-state index in [-0.39, 0.29) is 27.5 Å². The molecule has 0 aliphatic heterocycles. The highest BCUT2D eigenvalue weighted by Gasteiger charge is 2.40. The van der Waals surface area contributed by atoms with Crippen molar-refractivity contribution in [2.24, 2.45) is 0 Å². The maximum atomic E-state index is 13.7. The van der Waals surface area contributed by atoms with E-state index in [1.54, 1.807) is 18.2 Å². The SMILES string of the molecule is COc1cccc(C(=O)Oc2ccc3c(=O)c(Oc4ccccc4Cl)c(C(F)(F)F)oc3c2)c1. The van der Waals surface area contributed by atoms with E-state index < -0.39 is 34.7 Å². The first-order valence-electron chi connectivity index (χ1n) is 9.64. The van der Waals surface area contributed by atoms with E-state index in [1.165, 1.54) is 49.6 Å². The van der Waals surface area contributed by atoms with Crippen molar-refractivity contribution in [3.05, 3.63) is 93.3 Å². The summed E-state index contributed by atoms with van der Waals surface area (Å²) in [6, 6.07) is 15.3. The maximum Gasteiger partial charge on any atom is 0.453 e. The third-order valence-electron chi connectivity index (χ3n) is 4.64. The fourth-order valence-electron chi connectivity index (χ4n) is 3.05. The molecule has 0 fully saturated rings. The highest BCUT2D eigenvalue weighted by molar-refractivity contribution is 6.32. The van der Waals surface area contributed by atoms with E-state index in [0.717, 1.165) is 6.07 Å². The van der Waals surface area contributed by atoms with Gasteiger partial charge >= 0.3 is 12.1 Å². The molecule has 0 amide bonds. The van der Waals surface area contributed by atoms with E-state index in [1.807, 2.05) is 0 Å². The molecule has 0 atom stereocenters. The summed E-state index contributed by atoms with van der Waals surface area (Å²) in [7, 11) is 1.43. The van der Waals surface area contributed by atoms with Gasteiger partial charge < -0.3 is 18.6 Å². The summed E-state index contributed by atoms with van der Waals surface area (Å²) >= 11 is 5.95. The minimum atomic E-state index is -5.06. The number of para-hydroxylation sites is 1.